The van der Waals surface area contributed by atoms with E-state index in [1.54, 1.807) is 13.0 Å². The largest absolute Gasteiger partial charge is 0.364 e. The molecule has 2 heterocycles. The molecule has 0 bridgehead atoms. The molecule has 1 unspecified atom stereocenters. The van der Waals surface area contributed by atoms with Crippen LogP contribution in [-0.4, -0.2) is 39.8 Å². The van der Waals surface area contributed by atoms with Crippen molar-refractivity contribution in [2.45, 2.75) is 39.5 Å². The zero-order chi connectivity index (χ0) is 15.4. The number of carbonyl (C=O) groups is 2. The van der Waals surface area contributed by atoms with Gasteiger partial charge in [0.1, 0.15) is 11.5 Å². The van der Waals surface area contributed by atoms with Gasteiger partial charge in [-0.3, -0.25) is 9.59 Å². The molecular formula is C15H22N4O2. The fourth-order valence-corrected chi connectivity index (χ4v) is 2.84. The summed E-state index contributed by atoms with van der Waals surface area (Å²) in [6.07, 6.45) is 3.38. The number of hydrogen-bond donors (Lipinski definition) is 1. The lowest BCUT2D eigenvalue weighted by Crippen LogP contribution is -2.40. The molecule has 6 heteroatoms. The van der Waals surface area contributed by atoms with Gasteiger partial charge in [-0.2, -0.15) is 0 Å². The minimum Gasteiger partial charge on any atom is -0.364 e. The zero-order valence-electron chi connectivity index (χ0n) is 12.6. The molecule has 0 radical (unpaired) electrons. The number of nitrogens with two attached hydrogens (primary N) is 1. The highest BCUT2D eigenvalue weighted by molar-refractivity contribution is 5.90. The molecule has 2 rings (SSSR count). The maximum Gasteiger partial charge on any atom is 0.267 e. The lowest BCUT2D eigenvalue weighted by molar-refractivity contribution is -0.132. The van der Waals surface area contributed by atoms with Gasteiger partial charge in [-0.25, -0.2) is 9.97 Å². The number of piperidine rings is 1. The van der Waals surface area contributed by atoms with Crippen LogP contribution in [0.3, 0.4) is 0 Å². The van der Waals surface area contributed by atoms with Crippen molar-refractivity contribution in [1.29, 1.82) is 0 Å². The number of aromatic nitrogens is 2. The molecule has 0 spiro atoms. The molecule has 0 aliphatic carbocycles. The third kappa shape index (κ3) is 4.00. The van der Waals surface area contributed by atoms with Crippen molar-refractivity contribution in [1.82, 2.24) is 14.9 Å². The van der Waals surface area contributed by atoms with Crippen LogP contribution in [0, 0.1) is 12.8 Å². The predicted octanol–water partition coefficient (Wildman–Crippen LogP) is 1.08. The van der Waals surface area contributed by atoms with E-state index in [0.29, 0.717) is 18.2 Å². The van der Waals surface area contributed by atoms with Gasteiger partial charge in [-0.15, -0.1) is 0 Å². The second-order valence-electron chi connectivity index (χ2n) is 5.56. The lowest BCUT2D eigenvalue weighted by Gasteiger charge is -2.32. The van der Waals surface area contributed by atoms with Gasteiger partial charge in [0.2, 0.25) is 5.91 Å². The van der Waals surface area contributed by atoms with Gasteiger partial charge in [0.15, 0.2) is 0 Å². The standard InChI is InChI=1S/C15H22N4O2/c1-3-14(20)19-6-4-5-11(9-19)7-12-8-13(15(16)21)18-10(2)17-12/h8,11H,3-7,9H2,1-2H3,(H2,16,21). The fourth-order valence-electron chi connectivity index (χ4n) is 2.84. The highest BCUT2D eigenvalue weighted by Gasteiger charge is 2.23. The quantitative estimate of drug-likeness (QED) is 0.898. The average Bonchev–Trinajstić information content (AvgIpc) is 2.46. The van der Waals surface area contributed by atoms with Crippen LogP contribution < -0.4 is 5.73 Å². The van der Waals surface area contributed by atoms with Crippen LogP contribution in [0.5, 0.6) is 0 Å². The number of likely N-dealkylation sites (tertiary alicyclic amines) is 1. The molecular weight excluding hydrogens is 268 g/mol. The Labute approximate surface area is 124 Å². The molecule has 2 N–H and O–H groups in total. The molecule has 21 heavy (non-hydrogen) atoms. The van der Waals surface area contributed by atoms with Crippen molar-refractivity contribution in [3.8, 4) is 0 Å². The molecule has 2 amide bonds. The average molecular weight is 290 g/mol. The van der Waals surface area contributed by atoms with Crippen LogP contribution in [0.2, 0.25) is 0 Å². The highest BCUT2D eigenvalue weighted by atomic mass is 16.2. The number of primary amides is 1. The van der Waals surface area contributed by atoms with E-state index in [1.807, 2.05) is 11.8 Å². The number of amides is 2. The number of rotatable bonds is 4. The van der Waals surface area contributed by atoms with Gasteiger partial charge in [-0.05, 0) is 38.2 Å². The van der Waals surface area contributed by atoms with Crippen LogP contribution in [0.1, 0.15) is 48.2 Å². The number of carbonyl (C=O) groups excluding carboxylic acids is 2. The van der Waals surface area contributed by atoms with Crippen LogP contribution in [0.4, 0.5) is 0 Å². The Morgan fingerprint density at radius 3 is 2.86 bits per heavy atom. The van der Waals surface area contributed by atoms with Crippen molar-refractivity contribution < 1.29 is 9.59 Å². The molecule has 1 aliphatic heterocycles. The molecule has 114 valence electrons. The van der Waals surface area contributed by atoms with E-state index in [-0.39, 0.29) is 11.6 Å². The second kappa shape index (κ2) is 6.65. The molecule has 1 aromatic rings. The van der Waals surface area contributed by atoms with E-state index in [1.165, 1.54) is 0 Å². The van der Waals surface area contributed by atoms with E-state index in [2.05, 4.69) is 9.97 Å². The maximum absolute atomic E-state index is 11.8. The van der Waals surface area contributed by atoms with Gasteiger partial charge in [0.25, 0.3) is 5.91 Å². The van der Waals surface area contributed by atoms with Gasteiger partial charge < -0.3 is 10.6 Å². The minimum absolute atomic E-state index is 0.205. The molecule has 6 nitrogen and oxygen atoms in total. The Hall–Kier alpha value is -1.98. The number of hydrogen-bond acceptors (Lipinski definition) is 4. The SMILES string of the molecule is CCC(=O)N1CCCC(Cc2cc(C(N)=O)nc(C)n2)C1. The van der Waals surface area contributed by atoms with E-state index in [9.17, 15) is 9.59 Å². The first-order valence-corrected chi connectivity index (χ1v) is 7.41. The summed E-state index contributed by atoms with van der Waals surface area (Å²) in [5.41, 5.74) is 6.37. The Balaban J connectivity index is 2.07. The summed E-state index contributed by atoms with van der Waals surface area (Å²) < 4.78 is 0. The predicted molar refractivity (Wildman–Crippen MR) is 78.6 cm³/mol. The van der Waals surface area contributed by atoms with Crippen molar-refractivity contribution >= 4 is 11.8 Å². The monoisotopic (exact) mass is 290 g/mol. The first-order valence-electron chi connectivity index (χ1n) is 7.41. The Morgan fingerprint density at radius 1 is 1.43 bits per heavy atom. The minimum atomic E-state index is -0.534. The van der Waals surface area contributed by atoms with Crippen molar-refractivity contribution in [2.24, 2.45) is 11.7 Å². The summed E-state index contributed by atoms with van der Waals surface area (Å²) in [5.74, 6) is 0.604. The number of nitrogens with zero attached hydrogens (tertiary/aromatic N) is 3. The molecule has 1 aromatic heterocycles. The molecule has 0 aromatic carbocycles. The fraction of sp³-hybridized carbons (Fsp3) is 0.600. The Morgan fingerprint density at radius 2 is 2.19 bits per heavy atom. The van der Waals surface area contributed by atoms with Crippen molar-refractivity contribution in [2.75, 3.05) is 13.1 Å². The molecule has 1 aliphatic rings. The van der Waals surface area contributed by atoms with Crippen molar-refractivity contribution in [3.63, 3.8) is 0 Å². The smallest absolute Gasteiger partial charge is 0.267 e. The summed E-state index contributed by atoms with van der Waals surface area (Å²) in [5, 5.41) is 0. The van der Waals surface area contributed by atoms with E-state index < -0.39 is 5.91 Å². The van der Waals surface area contributed by atoms with E-state index in [4.69, 9.17) is 5.73 Å². The summed E-state index contributed by atoms with van der Waals surface area (Å²) in [4.78, 5) is 33.4. The zero-order valence-corrected chi connectivity index (χ0v) is 12.6. The van der Waals surface area contributed by atoms with E-state index in [0.717, 1.165) is 38.0 Å². The summed E-state index contributed by atoms with van der Waals surface area (Å²) in [6.45, 7) is 5.25. The van der Waals surface area contributed by atoms with Crippen LogP contribution in [0.15, 0.2) is 6.07 Å². The van der Waals surface area contributed by atoms with Crippen LogP contribution in [-0.2, 0) is 11.2 Å². The molecule has 0 saturated carbocycles. The first-order chi connectivity index (χ1) is 9.99. The summed E-state index contributed by atoms with van der Waals surface area (Å²) >= 11 is 0. The summed E-state index contributed by atoms with van der Waals surface area (Å²) in [6, 6.07) is 1.66. The first kappa shape index (κ1) is 15.4. The Bertz CT molecular complexity index is 544. The maximum atomic E-state index is 11.8. The molecule has 1 atom stereocenters. The topological polar surface area (TPSA) is 89.2 Å². The van der Waals surface area contributed by atoms with Gasteiger partial charge in [0, 0.05) is 25.2 Å². The third-order valence-corrected chi connectivity index (χ3v) is 3.82. The molecule has 1 fully saturated rings. The normalized spacial score (nSPS) is 18.6. The van der Waals surface area contributed by atoms with E-state index >= 15 is 0 Å². The van der Waals surface area contributed by atoms with Crippen LogP contribution >= 0.6 is 0 Å². The number of aryl methyl sites for hydroxylation is 1. The van der Waals surface area contributed by atoms with Gasteiger partial charge in [-0.1, -0.05) is 6.92 Å². The van der Waals surface area contributed by atoms with Crippen LogP contribution in [0.25, 0.3) is 0 Å². The van der Waals surface area contributed by atoms with Gasteiger partial charge >= 0.3 is 0 Å². The highest BCUT2D eigenvalue weighted by Crippen LogP contribution is 2.21. The van der Waals surface area contributed by atoms with Crippen molar-refractivity contribution in [3.05, 3.63) is 23.3 Å². The molecule has 1 saturated heterocycles. The third-order valence-electron chi connectivity index (χ3n) is 3.82. The second-order valence-corrected chi connectivity index (χ2v) is 5.56. The Kier molecular flexibility index (Phi) is 4.88. The summed E-state index contributed by atoms with van der Waals surface area (Å²) in [7, 11) is 0. The lowest BCUT2D eigenvalue weighted by atomic mass is 9.93. The van der Waals surface area contributed by atoms with Gasteiger partial charge in [0.05, 0.1) is 0 Å².